The van der Waals surface area contributed by atoms with Crippen molar-refractivity contribution in [2.75, 3.05) is 33.8 Å². The minimum absolute atomic E-state index is 0.494. The number of fused-ring (bicyclic) bond motifs is 3. The molecule has 4 rings (SSSR count). The van der Waals surface area contributed by atoms with Crippen molar-refractivity contribution in [3.05, 3.63) is 47.7 Å². The first kappa shape index (κ1) is 18.9. The van der Waals surface area contributed by atoms with E-state index in [9.17, 15) is 0 Å². The van der Waals surface area contributed by atoms with Crippen molar-refractivity contribution < 1.29 is 18.9 Å². The highest BCUT2D eigenvalue weighted by Gasteiger charge is 2.21. The quantitative estimate of drug-likeness (QED) is 0.678. The summed E-state index contributed by atoms with van der Waals surface area (Å²) in [6.07, 6.45) is 3.67. The van der Waals surface area contributed by atoms with Crippen LogP contribution in [0.25, 0.3) is 11.3 Å². The fourth-order valence-corrected chi connectivity index (χ4v) is 3.66. The predicted octanol–water partition coefficient (Wildman–Crippen LogP) is 4.02. The van der Waals surface area contributed by atoms with Crippen LogP contribution in [0.15, 0.2) is 36.5 Å². The van der Waals surface area contributed by atoms with Gasteiger partial charge in [-0.25, -0.2) is 9.97 Å². The lowest BCUT2D eigenvalue weighted by Crippen LogP contribution is -2.10. The maximum absolute atomic E-state index is 5.53. The standard InChI is InChI=1S/C22H23N3O4/c1-26-17-7-5-6-16-15(17)9-8-13-12-23-22(25-20(13)16)24-14-10-18(27-2)21(29-4)19(11-14)28-3/h5-7,10-12H,8-9H2,1-4H3,(H,23,24,25). The van der Waals surface area contributed by atoms with E-state index in [1.807, 2.05) is 30.5 Å². The molecule has 0 amide bonds. The summed E-state index contributed by atoms with van der Waals surface area (Å²) in [5, 5.41) is 3.25. The van der Waals surface area contributed by atoms with Crippen molar-refractivity contribution in [3.63, 3.8) is 0 Å². The molecule has 7 nitrogen and oxygen atoms in total. The lowest BCUT2D eigenvalue weighted by atomic mass is 9.89. The van der Waals surface area contributed by atoms with Gasteiger partial charge in [-0.3, -0.25) is 0 Å². The summed E-state index contributed by atoms with van der Waals surface area (Å²) in [6.45, 7) is 0. The minimum atomic E-state index is 0.494. The smallest absolute Gasteiger partial charge is 0.227 e. The molecule has 0 saturated carbocycles. The maximum Gasteiger partial charge on any atom is 0.227 e. The monoisotopic (exact) mass is 393 g/mol. The molecule has 1 aliphatic carbocycles. The van der Waals surface area contributed by atoms with Crippen LogP contribution in [-0.4, -0.2) is 38.4 Å². The predicted molar refractivity (Wildman–Crippen MR) is 111 cm³/mol. The van der Waals surface area contributed by atoms with E-state index in [1.165, 1.54) is 5.56 Å². The average Bonchev–Trinajstić information content (AvgIpc) is 2.77. The van der Waals surface area contributed by atoms with Crippen molar-refractivity contribution >= 4 is 11.6 Å². The summed E-state index contributed by atoms with van der Waals surface area (Å²) in [5.41, 5.74) is 5.05. The van der Waals surface area contributed by atoms with Crippen LogP contribution in [-0.2, 0) is 12.8 Å². The topological polar surface area (TPSA) is 74.7 Å². The second kappa shape index (κ2) is 7.87. The van der Waals surface area contributed by atoms with Crippen LogP contribution in [0, 0.1) is 0 Å². The third kappa shape index (κ3) is 3.40. The summed E-state index contributed by atoms with van der Waals surface area (Å²) < 4.78 is 21.7. The number of hydrogen-bond donors (Lipinski definition) is 1. The Balaban J connectivity index is 1.72. The van der Waals surface area contributed by atoms with Crippen LogP contribution in [0.5, 0.6) is 23.0 Å². The third-order valence-corrected chi connectivity index (χ3v) is 5.04. The van der Waals surface area contributed by atoms with Gasteiger partial charge < -0.3 is 24.3 Å². The van der Waals surface area contributed by atoms with Crippen molar-refractivity contribution in [1.82, 2.24) is 9.97 Å². The van der Waals surface area contributed by atoms with E-state index in [0.29, 0.717) is 23.2 Å². The molecule has 0 radical (unpaired) electrons. The first-order valence-corrected chi connectivity index (χ1v) is 9.27. The van der Waals surface area contributed by atoms with Gasteiger partial charge in [-0.2, -0.15) is 0 Å². The molecule has 0 aliphatic heterocycles. The van der Waals surface area contributed by atoms with Crippen LogP contribution >= 0.6 is 0 Å². The Morgan fingerprint density at radius 2 is 1.59 bits per heavy atom. The Kier molecular flexibility index (Phi) is 5.12. The van der Waals surface area contributed by atoms with Gasteiger partial charge in [-0.15, -0.1) is 0 Å². The van der Waals surface area contributed by atoms with Gasteiger partial charge in [-0.1, -0.05) is 12.1 Å². The molecule has 0 spiro atoms. The fraction of sp³-hybridized carbons (Fsp3) is 0.273. The number of nitrogens with zero attached hydrogens (tertiary/aromatic N) is 2. The van der Waals surface area contributed by atoms with Gasteiger partial charge in [0.15, 0.2) is 11.5 Å². The zero-order valence-electron chi connectivity index (χ0n) is 16.9. The Morgan fingerprint density at radius 1 is 0.862 bits per heavy atom. The second-order valence-electron chi connectivity index (χ2n) is 6.59. The number of anilines is 2. The van der Waals surface area contributed by atoms with Crippen LogP contribution in [0.2, 0.25) is 0 Å². The summed E-state index contributed by atoms with van der Waals surface area (Å²) in [7, 11) is 6.44. The SMILES string of the molecule is COc1cccc2c1CCc1cnc(Nc3cc(OC)c(OC)c(OC)c3)nc1-2. The van der Waals surface area contributed by atoms with Crippen molar-refractivity contribution in [3.8, 4) is 34.3 Å². The Bertz CT molecular complexity index is 1030. The largest absolute Gasteiger partial charge is 0.496 e. The van der Waals surface area contributed by atoms with E-state index in [1.54, 1.807) is 28.4 Å². The number of benzene rings is 2. The Labute approximate surface area is 169 Å². The fourth-order valence-electron chi connectivity index (χ4n) is 3.66. The van der Waals surface area contributed by atoms with Crippen LogP contribution < -0.4 is 24.3 Å². The number of methoxy groups -OCH3 is 4. The van der Waals surface area contributed by atoms with E-state index >= 15 is 0 Å². The van der Waals surface area contributed by atoms with Gasteiger partial charge in [0.2, 0.25) is 11.7 Å². The number of aromatic nitrogens is 2. The lowest BCUT2D eigenvalue weighted by Gasteiger charge is -2.21. The van der Waals surface area contributed by atoms with E-state index in [2.05, 4.69) is 16.4 Å². The molecule has 1 aromatic heterocycles. The molecular weight excluding hydrogens is 370 g/mol. The number of nitrogens with one attached hydrogen (secondary N) is 1. The van der Waals surface area contributed by atoms with Gasteiger partial charge in [0, 0.05) is 35.1 Å². The third-order valence-electron chi connectivity index (χ3n) is 5.04. The van der Waals surface area contributed by atoms with Gasteiger partial charge in [0.1, 0.15) is 5.75 Å². The Morgan fingerprint density at radius 3 is 2.24 bits per heavy atom. The number of aryl methyl sites for hydroxylation is 1. The summed E-state index contributed by atoms with van der Waals surface area (Å²) in [5.74, 6) is 3.04. The van der Waals surface area contributed by atoms with Gasteiger partial charge in [0.05, 0.1) is 34.1 Å². The summed E-state index contributed by atoms with van der Waals surface area (Å²) in [6, 6.07) is 9.69. The molecule has 7 heteroatoms. The molecule has 0 bridgehead atoms. The molecule has 0 saturated heterocycles. The van der Waals surface area contributed by atoms with Crippen LogP contribution in [0.4, 0.5) is 11.6 Å². The molecule has 0 fully saturated rings. The molecule has 1 N–H and O–H groups in total. The maximum atomic E-state index is 5.53. The minimum Gasteiger partial charge on any atom is -0.496 e. The highest BCUT2D eigenvalue weighted by atomic mass is 16.5. The first-order valence-electron chi connectivity index (χ1n) is 9.27. The van der Waals surface area contributed by atoms with Gasteiger partial charge >= 0.3 is 0 Å². The van der Waals surface area contributed by atoms with Crippen molar-refractivity contribution in [2.45, 2.75) is 12.8 Å². The van der Waals surface area contributed by atoms with E-state index < -0.39 is 0 Å². The van der Waals surface area contributed by atoms with Gasteiger partial charge in [0.25, 0.3) is 0 Å². The van der Waals surface area contributed by atoms with E-state index in [-0.39, 0.29) is 0 Å². The molecule has 29 heavy (non-hydrogen) atoms. The molecule has 2 aromatic carbocycles. The lowest BCUT2D eigenvalue weighted by molar-refractivity contribution is 0.324. The van der Waals surface area contributed by atoms with Crippen molar-refractivity contribution in [1.29, 1.82) is 0 Å². The zero-order valence-corrected chi connectivity index (χ0v) is 16.9. The van der Waals surface area contributed by atoms with E-state index in [0.717, 1.165) is 41.1 Å². The highest BCUT2D eigenvalue weighted by Crippen LogP contribution is 2.41. The molecule has 150 valence electrons. The average molecular weight is 393 g/mol. The number of rotatable bonds is 6. The summed E-state index contributed by atoms with van der Waals surface area (Å²) >= 11 is 0. The molecular formula is C22H23N3O4. The molecule has 1 heterocycles. The molecule has 0 unspecified atom stereocenters. The van der Waals surface area contributed by atoms with Crippen LogP contribution in [0.1, 0.15) is 11.1 Å². The van der Waals surface area contributed by atoms with Crippen LogP contribution in [0.3, 0.4) is 0 Å². The summed E-state index contributed by atoms with van der Waals surface area (Å²) in [4.78, 5) is 9.28. The Hall–Kier alpha value is -3.48. The molecule has 0 atom stereocenters. The molecule has 3 aromatic rings. The highest BCUT2D eigenvalue weighted by molar-refractivity contribution is 5.73. The first-order chi connectivity index (χ1) is 14.2. The van der Waals surface area contributed by atoms with Crippen molar-refractivity contribution in [2.24, 2.45) is 0 Å². The number of ether oxygens (including phenoxy) is 4. The molecule has 1 aliphatic rings. The normalized spacial score (nSPS) is 11.9. The number of hydrogen-bond acceptors (Lipinski definition) is 7. The second-order valence-corrected chi connectivity index (χ2v) is 6.59. The van der Waals surface area contributed by atoms with E-state index in [4.69, 9.17) is 23.9 Å². The zero-order chi connectivity index (χ0) is 20.4. The van der Waals surface area contributed by atoms with Gasteiger partial charge in [-0.05, 0) is 24.5 Å².